The minimum atomic E-state index is -0.762. The van der Waals surface area contributed by atoms with Gasteiger partial charge in [0.25, 0.3) is 0 Å². The Morgan fingerprint density at radius 3 is 2.55 bits per heavy atom. The van der Waals surface area contributed by atoms with Gasteiger partial charge in [-0.2, -0.15) is 32.1 Å². The van der Waals surface area contributed by atoms with E-state index in [1.54, 1.807) is 0 Å². The van der Waals surface area contributed by atoms with Crippen molar-refractivity contribution < 1.29 is 9.13 Å². The maximum absolute atomic E-state index is 14.8. The molecule has 2 saturated heterocycles. The van der Waals surface area contributed by atoms with Crippen LogP contribution in [0, 0.1) is 13.8 Å². The van der Waals surface area contributed by atoms with Gasteiger partial charge < -0.3 is 9.64 Å². The topological polar surface area (TPSA) is 56.1 Å². The van der Waals surface area contributed by atoms with Crippen molar-refractivity contribution in [2.75, 3.05) is 18.1 Å². The Morgan fingerprint density at radius 1 is 1.03 bits per heavy atom. The highest BCUT2D eigenvalue weighted by molar-refractivity contribution is 7.59. The molecule has 0 N–H and O–H groups in total. The van der Waals surface area contributed by atoms with Crippen LogP contribution in [0.15, 0.2) is 24.4 Å². The summed E-state index contributed by atoms with van der Waals surface area (Å²) in [6.45, 7) is 5.66. The first-order chi connectivity index (χ1) is 15.1. The molecule has 2 aromatic heterocycles. The zero-order valence-corrected chi connectivity index (χ0v) is 21.1. The molecule has 0 amide bonds. The molecule has 0 radical (unpaired) electrons. The predicted octanol–water partition coefficient (Wildman–Crippen LogP) is 4.63. The molecule has 178 valence electrons. The maximum atomic E-state index is 14.8. The summed E-state index contributed by atoms with van der Waals surface area (Å²) < 4.78 is 22.4. The lowest BCUT2D eigenvalue weighted by atomic mass is 9.80. The fourth-order valence-electron chi connectivity index (χ4n) is 5.69. The molecule has 1 aliphatic carbocycles. The van der Waals surface area contributed by atoms with Crippen molar-refractivity contribution in [3.8, 4) is 5.82 Å². The van der Waals surface area contributed by atoms with E-state index in [9.17, 15) is 4.39 Å². The monoisotopic (exact) mass is 489 g/mol. The van der Waals surface area contributed by atoms with Crippen molar-refractivity contribution in [1.29, 1.82) is 0 Å². The SMILES string of the molecule is Cc1nc(N2C[C@@H]3C[C@H]2CO3)cc(-n2ncc3cc(C)c(C4CCCCC4F)cc32)n1.S.S. The summed E-state index contributed by atoms with van der Waals surface area (Å²) in [6.07, 6.45) is 6.16. The number of rotatable bonds is 3. The Morgan fingerprint density at radius 2 is 1.82 bits per heavy atom. The van der Waals surface area contributed by atoms with Gasteiger partial charge in [-0.25, -0.2) is 19.0 Å². The van der Waals surface area contributed by atoms with E-state index in [4.69, 9.17) is 14.7 Å². The summed E-state index contributed by atoms with van der Waals surface area (Å²) in [4.78, 5) is 11.7. The zero-order chi connectivity index (χ0) is 21.1. The highest BCUT2D eigenvalue weighted by atomic mass is 32.1. The third-order valence-corrected chi connectivity index (χ3v) is 7.26. The summed E-state index contributed by atoms with van der Waals surface area (Å²) in [5.41, 5.74) is 3.24. The van der Waals surface area contributed by atoms with Crippen LogP contribution in [-0.2, 0) is 4.74 Å². The third kappa shape index (κ3) is 4.23. The highest BCUT2D eigenvalue weighted by Gasteiger charge is 2.40. The first-order valence-corrected chi connectivity index (χ1v) is 11.4. The summed E-state index contributed by atoms with van der Waals surface area (Å²) in [5, 5.41) is 5.71. The lowest BCUT2D eigenvalue weighted by Crippen LogP contribution is -2.37. The van der Waals surface area contributed by atoms with Crippen LogP contribution >= 0.6 is 27.0 Å². The summed E-state index contributed by atoms with van der Waals surface area (Å²) >= 11 is 0. The molecule has 4 atom stereocenters. The zero-order valence-electron chi connectivity index (χ0n) is 19.1. The Balaban J connectivity index is 0.00000130. The number of nitrogens with zero attached hydrogens (tertiary/aromatic N) is 5. The van der Waals surface area contributed by atoms with E-state index in [1.165, 1.54) is 0 Å². The second kappa shape index (κ2) is 9.43. The van der Waals surface area contributed by atoms with Crippen LogP contribution in [0.25, 0.3) is 16.7 Å². The molecule has 6 nitrogen and oxygen atoms in total. The molecular weight excluding hydrogens is 457 g/mol. The standard InChI is InChI=1S/C24H28FN5O.2H2S/c1-14-7-16-11-26-30(22(16)9-20(14)19-5-3-4-6-21(19)25)24-10-23(27-15(2)28-24)29-12-18-8-17(29)13-31-18;;/h7,9-11,17-19,21H,3-6,8,12-13H2,1-2H3;2*1H2/t17-,18-,19?,21?;;/m0../s1. The number of morpholine rings is 1. The van der Waals surface area contributed by atoms with Crippen molar-refractivity contribution >= 4 is 43.7 Å². The van der Waals surface area contributed by atoms with Gasteiger partial charge in [-0.3, -0.25) is 0 Å². The number of anilines is 1. The molecule has 6 rings (SSSR count). The molecule has 1 saturated carbocycles. The smallest absolute Gasteiger partial charge is 0.159 e. The number of hydrogen-bond acceptors (Lipinski definition) is 5. The largest absolute Gasteiger partial charge is 0.374 e. The fraction of sp³-hybridized carbons (Fsp3) is 0.542. The van der Waals surface area contributed by atoms with Gasteiger partial charge in [0, 0.05) is 23.9 Å². The maximum Gasteiger partial charge on any atom is 0.159 e. The number of aryl methyl sites for hydroxylation is 2. The van der Waals surface area contributed by atoms with Gasteiger partial charge in [0.05, 0.1) is 30.5 Å². The van der Waals surface area contributed by atoms with Crippen LogP contribution in [0.5, 0.6) is 0 Å². The van der Waals surface area contributed by atoms with Crippen molar-refractivity contribution in [3.63, 3.8) is 0 Å². The second-order valence-corrected chi connectivity index (χ2v) is 9.36. The predicted molar refractivity (Wildman–Crippen MR) is 138 cm³/mol. The normalized spacial score (nSPS) is 26.3. The van der Waals surface area contributed by atoms with Gasteiger partial charge in [0.2, 0.25) is 0 Å². The molecule has 3 aliphatic rings. The molecule has 0 spiro atoms. The average Bonchev–Trinajstić information content (AvgIpc) is 3.49. The lowest BCUT2D eigenvalue weighted by Gasteiger charge is -2.28. The number of benzene rings is 1. The van der Waals surface area contributed by atoms with Gasteiger partial charge in [-0.05, 0) is 56.4 Å². The van der Waals surface area contributed by atoms with E-state index in [2.05, 4.69) is 29.1 Å². The van der Waals surface area contributed by atoms with Crippen LogP contribution in [0.2, 0.25) is 0 Å². The van der Waals surface area contributed by atoms with E-state index < -0.39 is 6.17 Å². The van der Waals surface area contributed by atoms with Gasteiger partial charge in [0.15, 0.2) is 5.82 Å². The van der Waals surface area contributed by atoms with Crippen LogP contribution in [0.3, 0.4) is 0 Å². The number of aromatic nitrogens is 4. The molecule has 2 unspecified atom stereocenters. The van der Waals surface area contributed by atoms with E-state index in [1.807, 2.05) is 23.9 Å². The summed E-state index contributed by atoms with van der Waals surface area (Å²) in [7, 11) is 0. The minimum Gasteiger partial charge on any atom is -0.374 e. The van der Waals surface area contributed by atoms with Gasteiger partial charge >= 0.3 is 0 Å². The van der Waals surface area contributed by atoms with Gasteiger partial charge in [-0.1, -0.05) is 12.8 Å². The van der Waals surface area contributed by atoms with Crippen LogP contribution in [0.1, 0.15) is 55.0 Å². The first kappa shape index (κ1) is 24.3. The van der Waals surface area contributed by atoms with Crippen LogP contribution in [-0.4, -0.2) is 51.2 Å². The molecule has 4 heterocycles. The van der Waals surface area contributed by atoms with E-state index in [-0.39, 0.29) is 32.9 Å². The number of halogens is 1. The third-order valence-electron chi connectivity index (χ3n) is 7.26. The molecule has 9 heteroatoms. The number of fused-ring (bicyclic) bond motifs is 3. The highest BCUT2D eigenvalue weighted by Crippen LogP contribution is 2.38. The Kier molecular flexibility index (Phi) is 6.94. The van der Waals surface area contributed by atoms with Crippen molar-refractivity contribution in [2.45, 2.75) is 70.2 Å². The van der Waals surface area contributed by atoms with Crippen molar-refractivity contribution in [1.82, 2.24) is 19.7 Å². The number of ether oxygens (including phenoxy) is 1. The molecule has 3 aromatic rings. The molecule has 3 fully saturated rings. The Bertz CT molecular complexity index is 1160. The second-order valence-electron chi connectivity index (χ2n) is 9.36. The summed E-state index contributed by atoms with van der Waals surface area (Å²) in [6, 6.07) is 6.70. The Hall–Kier alpha value is -1.84. The van der Waals surface area contributed by atoms with Crippen LogP contribution in [0.4, 0.5) is 10.2 Å². The lowest BCUT2D eigenvalue weighted by molar-refractivity contribution is 0.0988. The molecular formula is C24H32FN5OS2. The summed E-state index contributed by atoms with van der Waals surface area (Å²) in [5.74, 6) is 2.40. The van der Waals surface area contributed by atoms with E-state index in [0.29, 0.717) is 18.6 Å². The quantitative estimate of drug-likeness (QED) is 0.537. The Labute approximate surface area is 207 Å². The van der Waals surface area contributed by atoms with E-state index in [0.717, 1.165) is 78.3 Å². The molecule has 2 aliphatic heterocycles. The molecule has 33 heavy (non-hydrogen) atoms. The van der Waals surface area contributed by atoms with Gasteiger partial charge in [0.1, 0.15) is 17.8 Å². The van der Waals surface area contributed by atoms with Crippen molar-refractivity contribution in [3.05, 3.63) is 41.3 Å². The van der Waals surface area contributed by atoms with Crippen molar-refractivity contribution in [2.24, 2.45) is 0 Å². The van der Waals surface area contributed by atoms with E-state index >= 15 is 0 Å². The minimum absolute atomic E-state index is 0. The van der Waals surface area contributed by atoms with Crippen LogP contribution < -0.4 is 4.90 Å². The number of hydrogen-bond donors (Lipinski definition) is 0. The number of alkyl halides is 1. The molecule has 1 aromatic carbocycles. The fourth-order valence-corrected chi connectivity index (χ4v) is 5.69. The van der Waals surface area contributed by atoms with Gasteiger partial charge in [-0.15, -0.1) is 0 Å². The molecule has 2 bridgehead atoms. The average molecular weight is 490 g/mol. The first-order valence-electron chi connectivity index (χ1n) is 11.4.